The first-order valence-electron chi connectivity index (χ1n) is 7.29. The number of nitrogen functional groups attached to an aromatic ring is 1. The Balaban J connectivity index is 2.22. The molecule has 0 amide bonds. The maximum atomic E-state index is 11.8. The lowest BCUT2D eigenvalue weighted by molar-refractivity contribution is 0.0607. The van der Waals surface area contributed by atoms with Crippen LogP contribution in [0.15, 0.2) is 0 Å². The standard InChI is InChI=1S/C15H24N2O3S/c1-9(2)10-5-7-17(8-6-10)14-12(19-3)11(16)13(21-14)15(18)20-4/h9-10H,5-8,16H2,1-4H3. The first kappa shape index (κ1) is 15.9. The van der Waals surface area contributed by atoms with Gasteiger partial charge in [0.15, 0.2) is 5.75 Å². The van der Waals surface area contributed by atoms with Crippen LogP contribution >= 0.6 is 11.3 Å². The van der Waals surface area contributed by atoms with Gasteiger partial charge in [0.2, 0.25) is 0 Å². The Kier molecular flexibility index (Phi) is 4.98. The molecule has 0 radical (unpaired) electrons. The molecule has 0 aliphatic carbocycles. The van der Waals surface area contributed by atoms with Crippen LogP contribution in [-0.2, 0) is 4.74 Å². The van der Waals surface area contributed by atoms with Crippen molar-refractivity contribution in [1.82, 2.24) is 0 Å². The van der Waals surface area contributed by atoms with Crippen molar-refractivity contribution < 1.29 is 14.3 Å². The lowest BCUT2D eigenvalue weighted by atomic mass is 9.87. The number of anilines is 2. The van der Waals surface area contributed by atoms with Gasteiger partial charge >= 0.3 is 5.97 Å². The minimum Gasteiger partial charge on any atom is -0.492 e. The Morgan fingerprint density at radius 1 is 1.33 bits per heavy atom. The van der Waals surface area contributed by atoms with E-state index in [1.165, 1.54) is 18.4 Å². The summed E-state index contributed by atoms with van der Waals surface area (Å²) in [4.78, 5) is 14.5. The summed E-state index contributed by atoms with van der Waals surface area (Å²) in [5.74, 6) is 1.68. The van der Waals surface area contributed by atoms with E-state index in [0.717, 1.165) is 36.9 Å². The first-order valence-corrected chi connectivity index (χ1v) is 8.10. The van der Waals surface area contributed by atoms with Gasteiger partial charge in [0.1, 0.15) is 15.6 Å². The largest absolute Gasteiger partial charge is 0.492 e. The molecule has 1 fully saturated rings. The van der Waals surface area contributed by atoms with Crippen molar-refractivity contribution in [2.75, 3.05) is 37.9 Å². The second-order valence-electron chi connectivity index (χ2n) is 5.74. The molecule has 1 aliphatic rings. The molecule has 0 unspecified atom stereocenters. The zero-order chi connectivity index (χ0) is 15.6. The molecule has 2 N–H and O–H groups in total. The summed E-state index contributed by atoms with van der Waals surface area (Å²) in [6, 6.07) is 0. The van der Waals surface area contributed by atoms with Crippen LogP contribution in [-0.4, -0.2) is 33.3 Å². The monoisotopic (exact) mass is 312 g/mol. The fraction of sp³-hybridized carbons (Fsp3) is 0.667. The predicted molar refractivity (Wildman–Crippen MR) is 86.4 cm³/mol. The highest BCUT2D eigenvalue weighted by atomic mass is 32.1. The summed E-state index contributed by atoms with van der Waals surface area (Å²) in [6.07, 6.45) is 2.32. The van der Waals surface area contributed by atoms with Gasteiger partial charge in [-0.15, -0.1) is 11.3 Å². The van der Waals surface area contributed by atoms with E-state index in [1.54, 1.807) is 7.11 Å². The van der Waals surface area contributed by atoms with Crippen LogP contribution in [0.4, 0.5) is 10.7 Å². The Hall–Kier alpha value is -1.43. The highest BCUT2D eigenvalue weighted by molar-refractivity contribution is 7.19. The number of piperidine rings is 1. The molecular weight excluding hydrogens is 288 g/mol. The molecular formula is C15H24N2O3S. The van der Waals surface area contributed by atoms with Gasteiger partial charge in [-0.05, 0) is 24.7 Å². The van der Waals surface area contributed by atoms with E-state index in [2.05, 4.69) is 18.7 Å². The number of hydrogen-bond donors (Lipinski definition) is 1. The SMILES string of the molecule is COC(=O)c1sc(N2CCC(C(C)C)CC2)c(OC)c1N. The van der Waals surface area contributed by atoms with Gasteiger partial charge in [0, 0.05) is 13.1 Å². The summed E-state index contributed by atoms with van der Waals surface area (Å²) >= 11 is 1.36. The predicted octanol–water partition coefficient (Wildman–Crippen LogP) is 3.00. The maximum absolute atomic E-state index is 11.8. The van der Waals surface area contributed by atoms with E-state index in [0.29, 0.717) is 22.2 Å². The second-order valence-corrected chi connectivity index (χ2v) is 6.74. The Morgan fingerprint density at radius 3 is 2.43 bits per heavy atom. The Morgan fingerprint density at radius 2 is 1.95 bits per heavy atom. The number of rotatable bonds is 4. The van der Waals surface area contributed by atoms with Gasteiger partial charge in [-0.3, -0.25) is 0 Å². The van der Waals surface area contributed by atoms with Crippen molar-refractivity contribution in [1.29, 1.82) is 0 Å². The zero-order valence-corrected chi connectivity index (χ0v) is 14.0. The number of esters is 1. The number of hydrogen-bond acceptors (Lipinski definition) is 6. The Labute approximate surface area is 130 Å². The van der Waals surface area contributed by atoms with Crippen LogP contribution in [0.1, 0.15) is 36.4 Å². The molecule has 1 aliphatic heterocycles. The molecule has 1 saturated heterocycles. The fourth-order valence-electron chi connectivity index (χ4n) is 2.84. The van der Waals surface area contributed by atoms with Gasteiger partial charge in [-0.1, -0.05) is 13.8 Å². The number of nitrogens with two attached hydrogens (primary N) is 1. The van der Waals surface area contributed by atoms with Crippen LogP contribution in [0.3, 0.4) is 0 Å². The molecule has 0 saturated carbocycles. The third kappa shape index (κ3) is 3.10. The molecule has 21 heavy (non-hydrogen) atoms. The topological polar surface area (TPSA) is 64.8 Å². The lowest BCUT2D eigenvalue weighted by Crippen LogP contribution is -2.34. The molecule has 1 aromatic heterocycles. The summed E-state index contributed by atoms with van der Waals surface area (Å²) in [5, 5.41) is 0.942. The average Bonchev–Trinajstić information content (AvgIpc) is 2.83. The fourth-order valence-corrected chi connectivity index (χ4v) is 4.00. The first-order chi connectivity index (χ1) is 9.99. The molecule has 118 valence electrons. The van der Waals surface area contributed by atoms with Crippen molar-refractivity contribution in [3.63, 3.8) is 0 Å². The quantitative estimate of drug-likeness (QED) is 0.866. The molecule has 0 aromatic carbocycles. The summed E-state index contributed by atoms with van der Waals surface area (Å²) in [6.45, 7) is 6.50. The molecule has 5 nitrogen and oxygen atoms in total. The van der Waals surface area contributed by atoms with E-state index >= 15 is 0 Å². The van der Waals surface area contributed by atoms with Crippen molar-refractivity contribution >= 4 is 28.0 Å². The number of ether oxygens (including phenoxy) is 2. The van der Waals surface area contributed by atoms with Crippen molar-refractivity contribution in [2.45, 2.75) is 26.7 Å². The van der Waals surface area contributed by atoms with Gasteiger partial charge < -0.3 is 20.1 Å². The number of methoxy groups -OCH3 is 2. The molecule has 0 bridgehead atoms. The zero-order valence-electron chi connectivity index (χ0n) is 13.1. The van der Waals surface area contributed by atoms with E-state index in [1.807, 2.05) is 0 Å². The van der Waals surface area contributed by atoms with E-state index in [-0.39, 0.29) is 0 Å². The highest BCUT2D eigenvalue weighted by Gasteiger charge is 2.29. The molecule has 0 atom stereocenters. The van der Waals surface area contributed by atoms with Crippen LogP contribution < -0.4 is 15.4 Å². The summed E-state index contributed by atoms with van der Waals surface area (Å²) in [5.41, 5.74) is 6.42. The maximum Gasteiger partial charge on any atom is 0.350 e. The average molecular weight is 312 g/mol. The van der Waals surface area contributed by atoms with Gasteiger partial charge in [-0.2, -0.15) is 0 Å². The molecule has 6 heteroatoms. The normalized spacial score (nSPS) is 16.3. The third-order valence-electron chi connectivity index (χ3n) is 4.23. The number of thiophene rings is 1. The van der Waals surface area contributed by atoms with Crippen molar-refractivity contribution in [3.8, 4) is 5.75 Å². The third-order valence-corrected chi connectivity index (χ3v) is 5.45. The summed E-state index contributed by atoms with van der Waals surface area (Å²) in [7, 11) is 2.95. The molecule has 0 spiro atoms. The van der Waals surface area contributed by atoms with E-state index in [4.69, 9.17) is 15.2 Å². The Bertz CT molecular complexity index is 505. The molecule has 1 aromatic rings. The van der Waals surface area contributed by atoms with Gasteiger partial charge in [-0.25, -0.2) is 4.79 Å². The van der Waals surface area contributed by atoms with Gasteiger partial charge in [0.05, 0.1) is 14.2 Å². The minimum atomic E-state index is -0.404. The second kappa shape index (κ2) is 6.56. The van der Waals surface area contributed by atoms with E-state index in [9.17, 15) is 4.79 Å². The van der Waals surface area contributed by atoms with Crippen molar-refractivity contribution in [3.05, 3.63) is 4.88 Å². The molecule has 2 heterocycles. The van der Waals surface area contributed by atoms with E-state index < -0.39 is 5.97 Å². The molecule has 2 rings (SSSR count). The number of carbonyl (C=O) groups excluding carboxylic acids is 1. The van der Waals surface area contributed by atoms with Crippen molar-refractivity contribution in [2.24, 2.45) is 11.8 Å². The lowest BCUT2D eigenvalue weighted by Gasteiger charge is -2.34. The van der Waals surface area contributed by atoms with Crippen LogP contribution in [0.25, 0.3) is 0 Å². The van der Waals surface area contributed by atoms with Crippen LogP contribution in [0.5, 0.6) is 5.75 Å². The number of nitrogens with zero attached hydrogens (tertiary/aromatic N) is 1. The van der Waals surface area contributed by atoms with Gasteiger partial charge in [0.25, 0.3) is 0 Å². The number of carbonyl (C=O) groups is 1. The smallest absolute Gasteiger partial charge is 0.350 e. The van der Waals surface area contributed by atoms with Crippen LogP contribution in [0, 0.1) is 11.8 Å². The van der Waals surface area contributed by atoms with Crippen LogP contribution in [0.2, 0.25) is 0 Å². The highest BCUT2D eigenvalue weighted by Crippen LogP contribution is 2.46. The minimum absolute atomic E-state index is 0.385. The summed E-state index contributed by atoms with van der Waals surface area (Å²) < 4.78 is 10.2.